The first-order chi connectivity index (χ1) is 12.1. The quantitative estimate of drug-likeness (QED) is 0.260. The molecule has 1 aromatic rings. The van der Waals surface area contributed by atoms with E-state index in [-0.39, 0.29) is 6.10 Å². The van der Waals surface area contributed by atoms with Gasteiger partial charge in [-0.3, -0.25) is 0 Å². The zero-order valence-electron chi connectivity index (χ0n) is 17.5. The fraction of sp³-hybridized carbons (Fsp3) is 0.739. The van der Waals surface area contributed by atoms with E-state index in [4.69, 9.17) is 4.74 Å². The van der Waals surface area contributed by atoms with Gasteiger partial charge in [0.05, 0.1) is 0 Å². The second kappa shape index (κ2) is 13.2. The van der Waals surface area contributed by atoms with Crippen molar-refractivity contribution in [3.63, 3.8) is 0 Å². The van der Waals surface area contributed by atoms with Crippen LogP contribution in [-0.4, -0.2) is 22.5 Å². The van der Waals surface area contributed by atoms with E-state index in [1.54, 1.807) is 0 Å². The third-order valence-electron chi connectivity index (χ3n) is 5.78. The topological polar surface area (TPSA) is 9.23 Å². The molecule has 0 heterocycles. The van der Waals surface area contributed by atoms with Gasteiger partial charge in [0.25, 0.3) is 0 Å². The predicted molar refractivity (Wildman–Crippen MR) is 115 cm³/mol. The molecule has 0 radical (unpaired) electrons. The average molecular weight is 453 g/mol. The molecule has 0 spiro atoms. The molecule has 0 aliphatic heterocycles. The van der Waals surface area contributed by atoms with Crippen molar-refractivity contribution < 1.29 is 4.74 Å². The van der Waals surface area contributed by atoms with Crippen molar-refractivity contribution >= 4 is 18.4 Å². The molecule has 25 heavy (non-hydrogen) atoms. The number of benzene rings is 1. The van der Waals surface area contributed by atoms with Crippen LogP contribution < -0.4 is 0 Å². The van der Waals surface area contributed by atoms with Crippen LogP contribution in [0.2, 0.25) is 13.3 Å². The molecule has 0 amide bonds. The number of hydrogen-bond acceptors (Lipinski definition) is 1. The molecule has 0 bridgehead atoms. The summed E-state index contributed by atoms with van der Waals surface area (Å²) in [5.41, 5.74) is 1.34. The van der Waals surface area contributed by atoms with E-state index in [2.05, 4.69) is 65.0 Å². The number of hydrogen-bond donors (Lipinski definition) is 0. The summed E-state index contributed by atoms with van der Waals surface area (Å²) in [6.07, 6.45) is 9.71. The SMILES string of the molecule is CCC[CH2][Sn]([CH2]CCC)([CH2]CCC)[C@@H](CC)O[C@@H](C)c1ccccc1. The van der Waals surface area contributed by atoms with E-state index in [0.29, 0.717) is 4.12 Å². The van der Waals surface area contributed by atoms with Crippen LogP contribution >= 0.6 is 0 Å². The molecule has 0 N–H and O–H groups in total. The molecule has 0 fully saturated rings. The van der Waals surface area contributed by atoms with Gasteiger partial charge in [-0.2, -0.15) is 0 Å². The first-order valence-corrected chi connectivity index (χ1v) is 18.5. The second-order valence-electron chi connectivity index (χ2n) is 7.76. The third kappa shape index (κ3) is 7.62. The Morgan fingerprint density at radius 2 is 1.28 bits per heavy atom. The summed E-state index contributed by atoms with van der Waals surface area (Å²) in [5, 5.41) is 0. The number of rotatable bonds is 14. The molecule has 1 rings (SSSR count). The molecule has 1 aromatic carbocycles. The van der Waals surface area contributed by atoms with E-state index < -0.39 is 18.4 Å². The zero-order chi connectivity index (χ0) is 18.5. The second-order valence-corrected chi connectivity index (χ2v) is 21.7. The Bertz CT molecular complexity index is 409. The molecule has 0 unspecified atom stereocenters. The summed E-state index contributed by atoms with van der Waals surface area (Å²) in [4.78, 5) is 0. The predicted octanol–water partition coefficient (Wildman–Crippen LogP) is 7.93. The van der Waals surface area contributed by atoms with Gasteiger partial charge in [-0.05, 0) is 0 Å². The minimum absolute atomic E-state index is 0.229. The first-order valence-electron chi connectivity index (χ1n) is 10.8. The van der Waals surface area contributed by atoms with Gasteiger partial charge in [0.15, 0.2) is 0 Å². The van der Waals surface area contributed by atoms with E-state index in [9.17, 15) is 0 Å². The Morgan fingerprint density at radius 3 is 1.68 bits per heavy atom. The van der Waals surface area contributed by atoms with E-state index in [0.717, 1.165) is 0 Å². The summed E-state index contributed by atoms with van der Waals surface area (Å²) in [6, 6.07) is 10.8. The Labute approximate surface area is 161 Å². The molecule has 0 saturated heterocycles. The van der Waals surface area contributed by atoms with Gasteiger partial charge < -0.3 is 0 Å². The normalized spacial score (nSPS) is 14.4. The van der Waals surface area contributed by atoms with Crippen molar-refractivity contribution in [2.24, 2.45) is 0 Å². The van der Waals surface area contributed by atoms with E-state index >= 15 is 0 Å². The molecule has 0 aliphatic rings. The monoisotopic (exact) mass is 454 g/mol. The zero-order valence-corrected chi connectivity index (χ0v) is 20.4. The van der Waals surface area contributed by atoms with Crippen LogP contribution in [0, 0.1) is 0 Å². The molecule has 0 aliphatic carbocycles. The van der Waals surface area contributed by atoms with E-state index in [1.165, 1.54) is 63.8 Å². The molecule has 2 heteroatoms. The molecular formula is C23H42OSn. The summed E-state index contributed by atoms with van der Waals surface area (Å²) >= 11 is -2.31. The fourth-order valence-electron chi connectivity index (χ4n) is 4.17. The Balaban J connectivity index is 2.98. The summed E-state index contributed by atoms with van der Waals surface area (Å²) < 4.78 is 12.0. The molecule has 0 aromatic heterocycles. The number of unbranched alkanes of at least 4 members (excludes halogenated alkanes) is 3. The van der Waals surface area contributed by atoms with Crippen LogP contribution in [0.5, 0.6) is 0 Å². The molecule has 0 saturated carbocycles. The van der Waals surface area contributed by atoms with Gasteiger partial charge in [0.2, 0.25) is 0 Å². The third-order valence-corrected chi connectivity index (χ3v) is 22.8. The van der Waals surface area contributed by atoms with E-state index in [1.807, 2.05) is 0 Å². The maximum absolute atomic E-state index is 6.84. The molecule has 2 atom stereocenters. The number of ether oxygens (including phenoxy) is 1. The Kier molecular flexibility index (Phi) is 12.1. The standard InChI is InChI=1S/C11H15O.3C4H9.Sn/c1-3-9-12-10(2)11-7-5-4-6-8-11;3*1-3-4-2;/h4-10H,3H2,1-2H3;3*1,3-4H2,2H3;/t10-;;;;/m0..../s1. The average Bonchev–Trinajstić information content (AvgIpc) is 2.66. The Morgan fingerprint density at radius 1 is 0.800 bits per heavy atom. The molecular weight excluding hydrogens is 411 g/mol. The van der Waals surface area contributed by atoms with Gasteiger partial charge in [-0.25, -0.2) is 0 Å². The summed E-state index contributed by atoms with van der Waals surface area (Å²) in [6.45, 7) is 11.7. The van der Waals surface area contributed by atoms with Crippen molar-refractivity contribution in [2.75, 3.05) is 0 Å². The Hall–Kier alpha value is -0.0213. The summed E-state index contributed by atoms with van der Waals surface area (Å²) in [5.74, 6) is 0. The van der Waals surface area contributed by atoms with Gasteiger partial charge in [-0.15, -0.1) is 0 Å². The van der Waals surface area contributed by atoms with Crippen molar-refractivity contribution in [1.29, 1.82) is 0 Å². The first kappa shape index (κ1) is 23.0. The van der Waals surface area contributed by atoms with Gasteiger partial charge in [0.1, 0.15) is 0 Å². The van der Waals surface area contributed by atoms with Crippen LogP contribution in [0.25, 0.3) is 0 Å². The fourth-order valence-corrected chi connectivity index (χ4v) is 22.0. The van der Waals surface area contributed by atoms with Gasteiger partial charge >= 0.3 is 162 Å². The van der Waals surface area contributed by atoms with Crippen LogP contribution in [0.15, 0.2) is 30.3 Å². The van der Waals surface area contributed by atoms with Crippen molar-refractivity contribution in [2.45, 2.75) is 103 Å². The van der Waals surface area contributed by atoms with Crippen molar-refractivity contribution in [1.82, 2.24) is 0 Å². The van der Waals surface area contributed by atoms with Crippen molar-refractivity contribution in [3.05, 3.63) is 35.9 Å². The van der Waals surface area contributed by atoms with Crippen LogP contribution in [-0.2, 0) is 4.74 Å². The van der Waals surface area contributed by atoms with Crippen LogP contribution in [0.3, 0.4) is 0 Å². The van der Waals surface area contributed by atoms with Gasteiger partial charge in [0, 0.05) is 0 Å². The van der Waals surface area contributed by atoms with Gasteiger partial charge in [-0.1, -0.05) is 0 Å². The van der Waals surface area contributed by atoms with Crippen molar-refractivity contribution in [3.8, 4) is 0 Å². The van der Waals surface area contributed by atoms with Crippen LogP contribution in [0.4, 0.5) is 0 Å². The summed E-state index contributed by atoms with van der Waals surface area (Å²) in [7, 11) is 0. The maximum atomic E-state index is 6.84. The molecule has 144 valence electrons. The molecule has 1 nitrogen and oxygen atoms in total. The van der Waals surface area contributed by atoms with Crippen LogP contribution in [0.1, 0.15) is 91.2 Å². The minimum atomic E-state index is -2.31.